The van der Waals surface area contributed by atoms with E-state index in [4.69, 9.17) is 4.74 Å². The molecular weight excluding hydrogens is 384 g/mol. The molecule has 0 bridgehead atoms. The maximum atomic E-state index is 12.2. The molecule has 0 radical (unpaired) electrons. The molecule has 1 saturated heterocycles. The first-order valence-electron chi connectivity index (χ1n) is 8.20. The number of anilines is 2. The molecule has 0 saturated carbocycles. The summed E-state index contributed by atoms with van der Waals surface area (Å²) >= 11 is 3.42. The molecule has 0 spiro atoms. The number of benzene rings is 1. The number of aromatic nitrogens is 1. The molecule has 3 rings (SSSR count). The predicted octanol–water partition coefficient (Wildman–Crippen LogP) is 3.31. The van der Waals surface area contributed by atoms with E-state index in [0.29, 0.717) is 6.54 Å². The molecule has 0 unspecified atom stereocenters. The summed E-state index contributed by atoms with van der Waals surface area (Å²) in [6.45, 7) is 5.52. The van der Waals surface area contributed by atoms with Crippen LogP contribution >= 0.6 is 15.9 Å². The van der Waals surface area contributed by atoms with Crippen LogP contribution in [0.25, 0.3) is 0 Å². The van der Waals surface area contributed by atoms with E-state index in [0.717, 1.165) is 53.4 Å². The van der Waals surface area contributed by atoms with Crippen molar-refractivity contribution < 1.29 is 9.53 Å². The maximum absolute atomic E-state index is 12.2. The van der Waals surface area contributed by atoms with Crippen LogP contribution in [0.15, 0.2) is 41.0 Å². The number of morpholine rings is 1. The number of halogens is 1. The molecule has 2 N–H and O–H groups in total. The highest BCUT2D eigenvalue weighted by atomic mass is 79.9. The van der Waals surface area contributed by atoms with Crippen molar-refractivity contribution in [2.75, 3.05) is 36.5 Å². The van der Waals surface area contributed by atoms with Crippen LogP contribution in [0.1, 0.15) is 11.1 Å². The first-order valence-corrected chi connectivity index (χ1v) is 9.00. The Morgan fingerprint density at radius 1 is 1.28 bits per heavy atom. The van der Waals surface area contributed by atoms with Crippen LogP contribution < -0.4 is 15.5 Å². The average molecular weight is 405 g/mol. The molecule has 0 aliphatic carbocycles. The summed E-state index contributed by atoms with van der Waals surface area (Å²) in [7, 11) is 0. The van der Waals surface area contributed by atoms with Gasteiger partial charge in [-0.2, -0.15) is 0 Å². The van der Waals surface area contributed by atoms with Crippen LogP contribution in [0.3, 0.4) is 0 Å². The normalized spacial score (nSPS) is 14.2. The molecule has 2 aromatic rings. The highest BCUT2D eigenvalue weighted by molar-refractivity contribution is 9.10. The van der Waals surface area contributed by atoms with E-state index in [2.05, 4.69) is 36.4 Å². The van der Waals surface area contributed by atoms with Gasteiger partial charge in [0.15, 0.2) is 0 Å². The van der Waals surface area contributed by atoms with Crippen LogP contribution in [0.2, 0.25) is 0 Å². The first-order chi connectivity index (χ1) is 12.1. The second kappa shape index (κ2) is 8.31. The summed E-state index contributed by atoms with van der Waals surface area (Å²) in [6.07, 6.45) is 1.78. The number of carbonyl (C=O) groups is 1. The van der Waals surface area contributed by atoms with Crippen molar-refractivity contribution in [2.45, 2.75) is 13.5 Å². The van der Waals surface area contributed by atoms with Crippen molar-refractivity contribution in [1.29, 1.82) is 0 Å². The zero-order chi connectivity index (χ0) is 17.6. The minimum atomic E-state index is -0.231. The number of hydrogen-bond donors (Lipinski definition) is 2. The fourth-order valence-corrected chi connectivity index (χ4v) is 2.97. The number of carbonyl (C=O) groups excluding carboxylic acids is 1. The van der Waals surface area contributed by atoms with E-state index in [1.54, 1.807) is 6.20 Å². The monoisotopic (exact) mass is 404 g/mol. The Labute approximate surface area is 155 Å². The molecule has 1 aliphatic rings. The minimum Gasteiger partial charge on any atom is -0.378 e. The number of aryl methyl sites for hydroxylation is 1. The number of nitrogens with one attached hydrogen (secondary N) is 2. The van der Waals surface area contributed by atoms with E-state index in [1.165, 1.54) is 0 Å². The van der Waals surface area contributed by atoms with E-state index in [1.807, 2.05) is 37.3 Å². The third kappa shape index (κ3) is 4.93. The van der Waals surface area contributed by atoms with Crippen molar-refractivity contribution in [3.63, 3.8) is 0 Å². The number of pyridine rings is 1. The lowest BCUT2D eigenvalue weighted by atomic mass is 10.2. The molecule has 2 heterocycles. The molecule has 0 atom stereocenters. The molecule has 1 aliphatic heterocycles. The Morgan fingerprint density at radius 2 is 2.08 bits per heavy atom. The molecule has 2 amide bonds. The Bertz CT molecular complexity index is 748. The maximum Gasteiger partial charge on any atom is 0.319 e. The van der Waals surface area contributed by atoms with Gasteiger partial charge in [0.2, 0.25) is 0 Å². The zero-order valence-electron chi connectivity index (χ0n) is 14.1. The van der Waals surface area contributed by atoms with Gasteiger partial charge in [-0.05, 0) is 42.3 Å². The van der Waals surface area contributed by atoms with Crippen LogP contribution in [0.5, 0.6) is 0 Å². The molecule has 7 heteroatoms. The minimum absolute atomic E-state index is 0.231. The largest absolute Gasteiger partial charge is 0.378 e. The number of rotatable bonds is 4. The van der Waals surface area contributed by atoms with Gasteiger partial charge >= 0.3 is 6.03 Å². The van der Waals surface area contributed by atoms with E-state index in [-0.39, 0.29) is 6.03 Å². The van der Waals surface area contributed by atoms with E-state index >= 15 is 0 Å². The number of ether oxygens (including phenoxy) is 1. The summed E-state index contributed by atoms with van der Waals surface area (Å²) in [5, 5.41) is 5.76. The Morgan fingerprint density at radius 3 is 2.88 bits per heavy atom. The Hall–Kier alpha value is -2.12. The summed E-state index contributed by atoms with van der Waals surface area (Å²) in [5.41, 5.74) is 2.81. The van der Waals surface area contributed by atoms with Crippen molar-refractivity contribution in [2.24, 2.45) is 0 Å². The molecular formula is C18H21BrN4O2. The second-order valence-electron chi connectivity index (χ2n) is 5.89. The lowest BCUT2D eigenvalue weighted by Gasteiger charge is -2.28. The van der Waals surface area contributed by atoms with Gasteiger partial charge in [0.25, 0.3) is 0 Å². The Kier molecular flexibility index (Phi) is 5.88. The quantitative estimate of drug-likeness (QED) is 0.819. The van der Waals surface area contributed by atoms with Crippen molar-refractivity contribution in [1.82, 2.24) is 10.3 Å². The van der Waals surface area contributed by atoms with Crippen molar-refractivity contribution in [3.05, 3.63) is 52.1 Å². The van der Waals surface area contributed by atoms with Gasteiger partial charge in [-0.1, -0.05) is 22.0 Å². The summed E-state index contributed by atoms with van der Waals surface area (Å²) < 4.78 is 6.30. The second-order valence-corrected chi connectivity index (χ2v) is 6.80. The highest BCUT2D eigenvalue weighted by Crippen LogP contribution is 2.20. The number of hydrogen-bond acceptors (Lipinski definition) is 4. The van der Waals surface area contributed by atoms with Crippen molar-refractivity contribution >= 4 is 33.5 Å². The van der Waals surface area contributed by atoms with Gasteiger partial charge < -0.3 is 20.3 Å². The fourth-order valence-electron chi connectivity index (χ4n) is 2.61. The zero-order valence-corrected chi connectivity index (χ0v) is 15.7. The lowest BCUT2D eigenvalue weighted by molar-refractivity contribution is 0.122. The summed E-state index contributed by atoms with van der Waals surface area (Å²) in [4.78, 5) is 18.8. The van der Waals surface area contributed by atoms with Crippen LogP contribution in [-0.2, 0) is 11.3 Å². The third-order valence-corrected chi connectivity index (χ3v) is 4.54. The fraction of sp³-hybridized carbons (Fsp3) is 0.333. The topological polar surface area (TPSA) is 66.5 Å². The first kappa shape index (κ1) is 17.7. The van der Waals surface area contributed by atoms with Gasteiger partial charge in [-0.25, -0.2) is 9.78 Å². The lowest BCUT2D eigenvalue weighted by Crippen LogP contribution is -2.36. The smallest absolute Gasteiger partial charge is 0.319 e. The van der Waals surface area contributed by atoms with Gasteiger partial charge in [0.05, 0.1) is 13.2 Å². The molecule has 6 nitrogen and oxygen atoms in total. The predicted molar refractivity (Wildman–Crippen MR) is 102 cm³/mol. The van der Waals surface area contributed by atoms with Gasteiger partial charge in [-0.15, -0.1) is 0 Å². The molecule has 25 heavy (non-hydrogen) atoms. The highest BCUT2D eigenvalue weighted by Gasteiger charge is 2.13. The van der Waals surface area contributed by atoms with E-state index < -0.39 is 0 Å². The summed E-state index contributed by atoms with van der Waals surface area (Å²) in [5.74, 6) is 0.922. The SMILES string of the molecule is Cc1ccc(Br)cc1NC(=O)NCc1ccnc(N2CCOCC2)c1. The summed E-state index contributed by atoms with van der Waals surface area (Å²) in [6, 6.07) is 9.48. The van der Waals surface area contributed by atoms with E-state index in [9.17, 15) is 4.79 Å². The van der Waals surface area contributed by atoms with Gasteiger partial charge in [-0.3, -0.25) is 0 Å². The number of urea groups is 1. The molecule has 1 aromatic carbocycles. The van der Waals surface area contributed by atoms with Crippen molar-refractivity contribution in [3.8, 4) is 0 Å². The van der Waals surface area contributed by atoms with Crippen LogP contribution in [0.4, 0.5) is 16.3 Å². The number of nitrogens with zero attached hydrogens (tertiary/aromatic N) is 2. The van der Waals surface area contributed by atoms with Crippen LogP contribution in [0, 0.1) is 6.92 Å². The standard InChI is InChI=1S/C18H21BrN4O2/c1-13-2-3-15(19)11-16(13)22-18(24)21-12-14-4-5-20-17(10-14)23-6-8-25-9-7-23/h2-5,10-11H,6-9,12H2,1H3,(H2,21,22,24). The average Bonchev–Trinajstić information content (AvgIpc) is 2.64. The number of amides is 2. The third-order valence-electron chi connectivity index (χ3n) is 4.05. The molecule has 1 aromatic heterocycles. The molecule has 132 valence electrons. The molecule has 1 fully saturated rings. The van der Waals surface area contributed by atoms with Crippen LogP contribution in [-0.4, -0.2) is 37.3 Å². The Balaban J connectivity index is 1.57. The van der Waals surface area contributed by atoms with Gasteiger partial charge in [0.1, 0.15) is 5.82 Å². The van der Waals surface area contributed by atoms with Gasteiger partial charge in [0, 0.05) is 36.0 Å².